The largest absolute Gasteiger partial charge is 0.514 e. The van der Waals surface area contributed by atoms with Crippen LogP contribution >= 0.6 is 11.3 Å². The predicted molar refractivity (Wildman–Crippen MR) is 89.6 cm³/mol. The fourth-order valence-electron chi connectivity index (χ4n) is 3.23. The Labute approximate surface area is 140 Å². The summed E-state index contributed by atoms with van der Waals surface area (Å²) in [6.07, 6.45) is 0.509. The number of hydrogen-bond acceptors (Lipinski definition) is 5. The number of thiophene rings is 1. The highest BCUT2D eigenvalue weighted by atomic mass is 32.1. The van der Waals surface area contributed by atoms with Crippen molar-refractivity contribution >= 4 is 28.4 Å². The number of carbonyl (C=O) groups is 2. The van der Waals surface area contributed by atoms with Gasteiger partial charge in [0, 0.05) is 6.42 Å². The van der Waals surface area contributed by atoms with Crippen molar-refractivity contribution in [1.82, 2.24) is 0 Å². The SMILES string of the molecule is CCOC(=O)c1c(N)sc2c1CCC[N+](C(=O)O)(C(C)(C)C)C2. The zero-order chi connectivity index (χ0) is 17.4. The van der Waals surface area contributed by atoms with Gasteiger partial charge in [-0.05, 0) is 39.7 Å². The fraction of sp³-hybridized carbons (Fsp3) is 0.625. The summed E-state index contributed by atoms with van der Waals surface area (Å²) >= 11 is 1.32. The van der Waals surface area contributed by atoms with E-state index in [4.69, 9.17) is 10.5 Å². The summed E-state index contributed by atoms with van der Waals surface area (Å²) in [6, 6.07) is 0. The summed E-state index contributed by atoms with van der Waals surface area (Å²) < 4.78 is 5.05. The highest BCUT2D eigenvalue weighted by Gasteiger charge is 2.49. The third-order valence-corrected chi connectivity index (χ3v) is 5.67. The lowest BCUT2D eigenvalue weighted by atomic mass is 10.0. The lowest BCUT2D eigenvalue weighted by Crippen LogP contribution is -2.62. The molecule has 1 aromatic heterocycles. The molecule has 0 fully saturated rings. The molecule has 1 aliphatic heterocycles. The van der Waals surface area contributed by atoms with E-state index in [1.165, 1.54) is 11.3 Å². The van der Waals surface area contributed by atoms with Gasteiger partial charge in [-0.25, -0.2) is 9.28 Å². The molecule has 128 valence electrons. The van der Waals surface area contributed by atoms with Crippen molar-refractivity contribution in [2.24, 2.45) is 0 Å². The maximum atomic E-state index is 12.2. The normalized spacial score (nSPS) is 21.4. The van der Waals surface area contributed by atoms with Crippen LogP contribution in [-0.4, -0.2) is 40.3 Å². The maximum absolute atomic E-state index is 12.2. The second kappa shape index (κ2) is 6.13. The van der Waals surface area contributed by atoms with Crippen molar-refractivity contribution in [3.05, 3.63) is 16.0 Å². The number of quaternary nitrogens is 1. The molecule has 3 N–H and O–H groups in total. The van der Waals surface area contributed by atoms with Gasteiger partial charge in [0.25, 0.3) is 0 Å². The molecule has 6 nitrogen and oxygen atoms in total. The fourth-order valence-corrected chi connectivity index (χ4v) is 4.41. The van der Waals surface area contributed by atoms with Crippen LogP contribution < -0.4 is 5.73 Å². The van der Waals surface area contributed by atoms with E-state index in [-0.39, 0.29) is 4.48 Å². The average Bonchev–Trinajstić information content (AvgIpc) is 2.60. The lowest BCUT2D eigenvalue weighted by Gasteiger charge is -2.42. The lowest BCUT2D eigenvalue weighted by molar-refractivity contribution is -0.915. The van der Waals surface area contributed by atoms with Gasteiger partial charge in [-0.2, -0.15) is 4.79 Å². The van der Waals surface area contributed by atoms with E-state index in [0.717, 1.165) is 10.4 Å². The van der Waals surface area contributed by atoms with E-state index in [1.807, 2.05) is 20.8 Å². The van der Waals surface area contributed by atoms with Gasteiger partial charge in [-0.1, -0.05) is 0 Å². The number of carboxylic acid groups (broad SMARTS) is 1. The minimum atomic E-state index is -0.838. The number of anilines is 1. The molecule has 1 unspecified atom stereocenters. The summed E-state index contributed by atoms with van der Waals surface area (Å²) in [5.74, 6) is -0.409. The molecule has 1 aliphatic rings. The number of fused-ring (bicyclic) bond motifs is 1. The number of nitrogen functional groups attached to an aromatic ring is 1. The van der Waals surface area contributed by atoms with Gasteiger partial charge in [0.2, 0.25) is 0 Å². The maximum Gasteiger partial charge on any atom is 0.514 e. The first-order chi connectivity index (χ1) is 10.6. The Balaban J connectivity index is 2.52. The van der Waals surface area contributed by atoms with E-state index in [9.17, 15) is 14.7 Å². The zero-order valence-electron chi connectivity index (χ0n) is 14.1. The van der Waals surface area contributed by atoms with Crippen molar-refractivity contribution in [1.29, 1.82) is 0 Å². The minimum Gasteiger partial charge on any atom is -0.462 e. The Morgan fingerprint density at radius 3 is 2.57 bits per heavy atom. The number of esters is 1. The summed E-state index contributed by atoms with van der Waals surface area (Å²) in [5.41, 5.74) is 6.90. The Morgan fingerprint density at radius 1 is 1.39 bits per heavy atom. The average molecular weight is 341 g/mol. The van der Waals surface area contributed by atoms with E-state index in [0.29, 0.717) is 43.1 Å². The van der Waals surface area contributed by atoms with E-state index in [1.54, 1.807) is 6.92 Å². The number of hydrogen-bond donors (Lipinski definition) is 2. The molecule has 0 bridgehead atoms. The van der Waals surface area contributed by atoms with Crippen LogP contribution in [0.4, 0.5) is 9.80 Å². The molecule has 23 heavy (non-hydrogen) atoms. The molecule has 1 aromatic rings. The van der Waals surface area contributed by atoms with Gasteiger partial charge in [0.05, 0.1) is 23.6 Å². The van der Waals surface area contributed by atoms with Crippen LogP contribution in [0.3, 0.4) is 0 Å². The van der Waals surface area contributed by atoms with Crippen LogP contribution in [0.25, 0.3) is 0 Å². The van der Waals surface area contributed by atoms with Gasteiger partial charge in [-0.15, -0.1) is 11.3 Å². The molecule has 0 aliphatic carbocycles. The van der Waals surface area contributed by atoms with Gasteiger partial charge in [0.15, 0.2) is 0 Å². The summed E-state index contributed by atoms with van der Waals surface area (Å²) in [4.78, 5) is 25.1. The van der Waals surface area contributed by atoms with E-state index in [2.05, 4.69) is 0 Å². The van der Waals surface area contributed by atoms with Crippen molar-refractivity contribution < 1.29 is 23.9 Å². The first kappa shape index (κ1) is 17.7. The molecule has 0 saturated heterocycles. The minimum absolute atomic E-state index is 0.0534. The van der Waals surface area contributed by atoms with Crippen LogP contribution in [-0.2, 0) is 17.7 Å². The second-order valence-electron chi connectivity index (χ2n) is 6.87. The first-order valence-corrected chi connectivity index (χ1v) is 8.63. The molecular weight excluding hydrogens is 316 g/mol. The van der Waals surface area contributed by atoms with Gasteiger partial charge < -0.3 is 15.6 Å². The number of nitrogens with two attached hydrogens (primary N) is 1. The third-order valence-electron chi connectivity index (χ3n) is 4.63. The number of nitrogens with zero attached hydrogens (tertiary/aromatic N) is 1. The quantitative estimate of drug-likeness (QED) is 0.636. The molecule has 2 heterocycles. The van der Waals surface area contributed by atoms with Crippen LogP contribution in [0.15, 0.2) is 0 Å². The number of ether oxygens (including phenoxy) is 1. The molecule has 0 aromatic carbocycles. The van der Waals surface area contributed by atoms with E-state index >= 15 is 0 Å². The molecule has 1 amide bonds. The smallest absolute Gasteiger partial charge is 0.462 e. The highest BCUT2D eigenvalue weighted by Crippen LogP contribution is 2.40. The van der Waals surface area contributed by atoms with Crippen molar-refractivity contribution in [2.45, 2.75) is 52.6 Å². The molecule has 1 atom stereocenters. The molecule has 2 rings (SSSR count). The van der Waals surface area contributed by atoms with Crippen LogP contribution in [0.2, 0.25) is 0 Å². The summed E-state index contributed by atoms with van der Waals surface area (Å²) in [5, 5.41) is 10.3. The Hall–Kier alpha value is -1.60. The standard InChI is InChI=1S/C16H24N2O4S/c1-5-22-14(19)12-10-7-6-8-18(15(20)21,16(2,3)4)9-11(10)23-13(12)17/h5-9H2,1-4H3,(H2-,17,19,20,21)/p+1. The van der Waals surface area contributed by atoms with Gasteiger partial charge in [-0.3, -0.25) is 0 Å². The molecule has 0 radical (unpaired) electrons. The molecule has 0 saturated carbocycles. The Morgan fingerprint density at radius 2 is 2.04 bits per heavy atom. The van der Waals surface area contributed by atoms with E-state index < -0.39 is 17.6 Å². The molecule has 7 heteroatoms. The Bertz CT molecular complexity index is 633. The monoisotopic (exact) mass is 341 g/mol. The summed E-state index contributed by atoms with van der Waals surface area (Å²) in [6.45, 7) is 8.75. The highest BCUT2D eigenvalue weighted by molar-refractivity contribution is 7.16. The third kappa shape index (κ3) is 2.95. The Kier molecular flexibility index (Phi) is 4.73. The van der Waals surface area contributed by atoms with Crippen LogP contribution in [0.5, 0.6) is 0 Å². The van der Waals surface area contributed by atoms with Gasteiger partial charge >= 0.3 is 12.1 Å². The van der Waals surface area contributed by atoms with Crippen LogP contribution in [0, 0.1) is 0 Å². The summed E-state index contributed by atoms with van der Waals surface area (Å²) in [7, 11) is 0. The molecular formula is C16H25N2O4S+. The van der Waals surface area contributed by atoms with Crippen molar-refractivity contribution in [2.75, 3.05) is 18.9 Å². The number of amides is 1. The number of rotatable bonds is 2. The second-order valence-corrected chi connectivity index (χ2v) is 8.01. The number of carbonyl (C=O) groups excluding carboxylic acids is 1. The zero-order valence-corrected chi connectivity index (χ0v) is 15.0. The van der Waals surface area contributed by atoms with Crippen molar-refractivity contribution in [3.8, 4) is 0 Å². The van der Waals surface area contributed by atoms with Crippen LogP contribution in [0.1, 0.15) is 54.9 Å². The van der Waals surface area contributed by atoms with Gasteiger partial charge in [0.1, 0.15) is 17.1 Å². The topological polar surface area (TPSA) is 89.6 Å². The first-order valence-electron chi connectivity index (χ1n) is 7.82. The molecule has 0 spiro atoms. The van der Waals surface area contributed by atoms with Crippen molar-refractivity contribution in [3.63, 3.8) is 0 Å². The predicted octanol–water partition coefficient (Wildman–Crippen LogP) is 3.25.